The van der Waals surface area contributed by atoms with E-state index in [1.807, 2.05) is 23.1 Å². The Hall–Kier alpha value is -2.99. The fraction of sp³-hybridized carbons (Fsp3) is 0.304. The predicted molar refractivity (Wildman–Crippen MR) is 111 cm³/mol. The third-order valence-electron chi connectivity index (χ3n) is 5.84. The highest BCUT2D eigenvalue weighted by Crippen LogP contribution is 2.32. The lowest BCUT2D eigenvalue weighted by atomic mass is 9.80. The Balaban J connectivity index is 1.41. The van der Waals surface area contributed by atoms with Crippen LogP contribution in [0.2, 0.25) is 0 Å². The maximum atomic E-state index is 14.0. The number of carbonyl (C=O) groups excluding carboxylic acids is 1. The summed E-state index contributed by atoms with van der Waals surface area (Å²) in [4.78, 5) is 14.7. The number of rotatable bonds is 5. The van der Waals surface area contributed by atoms with Crippen LogP contribution in [0.5, 0.6) is 0 Å². The van der Waals surface area contributed by atoms with Gasteiger partial charge in [0, 0.05) is 18.7 Å². The van der Waals surface area contributed by atoms with Gasteiger partial charge >= 0.3 is 0 Å². The molecule has 1 saturated heterocycles. The number of carbonyl (C=O) groups is 1. The van der Waals surface area contributed by atoms with Gasteiger partial charge in [0.25, 0.3) is 5.91 Å². The fourth-order valence-electron chi connectivity index (χ4n) is 4.21. The third-order valence-corrected chi connectivity index (χ3v) is 5.84. The van der Waals surface area contributed by atoms with E-state index in [-0.39, 0.29) is 11.7 Å². The van der Waals surface area contributed by atoms with Crippen LogP contribution in [0.1, 0.15) is 34.8 Å². The molecule has 3 aromatic rings. The van der Waals surface area contributed by atoms with Crippen molar-refractivity contribution in [1.29, 1.82) is 0 Å². The average molecular weight is 392 g/mol. The number of aromatic nitrogens is 2. The standard InChI is InChI=1S/C23H25FN4O/c24-20-9-5-4-8-18(20)21-14-22(27-26-21)23(29)28-12-10-17(11-13-28)19(15-25)16-6-2-1-3-7-16/h1-9,14,17,19H,10-13,15,25H2,(H,26,27). The van der Waals surface area contributed by atoms with Crippen LogP contribution in [0.15, 0.2) is 60.7 Å². The molecule has 6 heteroatoms. The van der Waals surface area contributed by atoms with Crippen molar-refractivity contribution in [2.75, 3.05) is 19.6 Å². The number of hydrogen-bond donors (Lipinski definition) is 2. The lowest BCUT2D eigenvalue weighted by Gasteiger charge is -2.35. The monoisotopic (exact) mass is 392 g/mol. The van der Waals surface area contributed by atoms with Crippen LogP contribution in [0.4, 0.5) is 4.39 Å². The van der Waals surface area contributed by atoms with Crippen molar-refractivity contribution in [3.8, 4) is 11.3 Å². The summed E-state index contributed by atoms with van der Waals surface area (Å²) < 4.78 is 14.0. The van der Waals surface area contributed by atoms with Gasteiger partial charge in [0.15, 0.2) is 0 Å². The summed E-state index contributed by atoms with van der Waals surface area (Å²) in [5.41, 5.74) is 8.55. The van der Waals surface area contributed by atoms with Gasteiger partial charge in [-0.2, -0.15) is 5.10 Å². The van der Waals surface area contributed by atoms with Crippen molar-refractivity contribution in [2.24, 2.45) is 11.7 Å². The molecule has 1 fully saturated rings. The maximum absolute atomic E-state index is 14.0. The number of hydrogen-bond acceptors (Lipinski definition) is 3. The Morgan fingerprint density at radius 1 is 1.14 bits per heavy atom. The number of nitrogens with two attached hydrogens (primary N) is 1. The van der Waals surface area contributed by atoms with E-state index in [9.17, 15) is 9.18 Å². The number of nitrogens with one attached hydrogen (secondary N) is 1. The topological polar surface area (TPSA) is 75.0 Å². The Bertz CT molecular complexity index is 964. The van der Waals surface area contributed by atoms with Gasteiger partial charge in [0.2, 0.25) is 0 Å². The highest BCUT2D eigenvalue weighted by atomic mass is 19.1. The van der Waals surface area contributed by atoms with Gasteiger partial charge < -0.3 is 10.6 Å². The van der Waals surface area contributed by atoms with E-state index >= 15 is 0 Å². The maximum Gasteiger partial charge on any atom is 0.271 e. The summed E-state index contributed by atoms with van der Waals surface area (Å²) in [6, 6.07) is 18.4. The van der Waals surface area contributed by atoms with Crippen LogP contribution in [-0.2, 0) is 0 Å². The van der Waals surface area contributed by atoms with E-state index in [4.69, 9.17) is 5.73 Å². The van der Waals surface area contributed by atoms with Crippen molar-refractivity contribution in [2.45, 2.75) is 18.8 Å². The molecule has 29 heavy (non-hydrogen) atoms. The molecule has 1 amide bonds. The third kappa shape index (κ3) is 4.07. The zero-order valence-electron chi connectivity index (χ0n) is 16.2. The number of likely N-dealkylation sites (tertiary alicyclic amines) is 1. The zero-order valence-corrected chi connectivity index (χ0v) is 16.2. The highest BCUT2D eigenvalue weighted by molar-refractivity contribution is 5.93. The molecular weight excluding hydrogens is 367 g/mol. The molecule has 150 valence electrons. The summed E-state index contributed by atoms with van der Waals surface area (Å²) in [5, 5.41) is 6.90. The highest BCUT2D eigenvalue weighted by Gasteiger charge is 2.29. The van der Waals surface area contributed by atoms with Crippen LogP contribution in [-0.4, -0.2) is 40.6 Å². The second-order valence-corrected chi connectivity index (χ2v) is 7.53. The molecular formula is C23H25FN4O. The largest absolute Gasteiger partial charge is 0.337 e. The molecule has 1 unspecified atom stereocenters. The number of aromatic amines is 1. The lowest BCUT2D eigenvalue weighted by Crippen LogP contribution is -2.40. The lowest BCUT2D eigenvalue weighted by molar-refractivity contribution is 0.0673. The normalized spacial score (nSPS) is 16.0. The zero-order chi connectivity index (χ0) is 20.2. The number of piperidine rings is 1. The van der Waals surface area contributed by atoms with Crippen LogP contribution in [0.3, 0.4) is 0 Å². The molecule has 1 aliphatic heterocycles. The molecule has 5 nitrogen and oxygen atoms in total. The Labute approximate surface area is 169 Å². The van der Waals surface area contributed by atoms with Crippen molar-refractivity contribution in [3.63, 3.8) is 0 Å². The van der Waals surface area contributed by atoms with Crippen LogP contribution < -0.4 is 5.73 Å². The van der Waals surface area contributed by atoms with Gasteiger partial charge in [0.05, 0.1) is 5.69 Å². The number of benzene rings is 2. The van der Waals surface area contributed by atoms with E-state index in [0.29, 0.717) is 48.4 Å². The molecule has 2 heterocycles. The van der Waals surface area contributed by atoms with Crippen molar-refractivity contribution in [1.82, 2.24) is 15.1 Å². The molecule has 0 saturated carbocycles. The molecule has 3 N–H and O–H groups in total. The summed E-state index contributed by atoms with van der Waals surface area (Å²) in [7, 11) is 0. The van der Waals surface area contributed by atoms with Gasteiger partial charge in [-0.15, -0.1) is 0 Å². The molecule has 2 aromatic carbocycles. The number of halogens is 1. The summed E-state index contributed by atoms with van der Waals surface area (Å²) >= 11 is 0. The Morgan fingerprint density at radius 3 is 2.52 bits per heavy atom. The van der Waals surface area contributed by atoms with Gasteiger partial charge in [-0.25, -0.2) is 4.39 Å². The average Bonchev–Trinajstić information content (AvgIpc) is 3.25. The van der Waals surface area contributed by atoms with Crippen molar-refractivity contribution >= 4 is 5.91 Å². The summed E-state index contributed by atoms with van der Waals surface area (Å²) in [6.45, 7) is 1.97. The molecule has 0 spiro atoms. The quantitative estimate of drug-likeness (QED) is 0.693. The number of nitrogens with zero attached hydrogens (tertiary/aromatic N) is 2. The van der Waals surface area contributed by atoms with Crippen LogP contribution >= 0.6 is 0 Å². The molecule has 1 aliphatic rings. The molecule has 1 atom stereocenters. The first-order chi connectivity index (χ1) is 14.2. The van der Waals surface area contributed by atoms with Gasteiger partial charge in [0.1, 0.15) is 11.5 Å². The van der Waals surface area contributed by atoms with E-state index in [1.54, 1.807) is 24.3 Å². The van der Waals surface area contributed by atoms with Crippen LogP contribution in [0, 0.1) is 11.7 Å². The van der Waals surface area contributed by atoms with Crippen molar-refractivity contribution < 1.29 is 9.18 Å². The molecule has 0 aliphatic carbocycles. The second-order valence-electron chi connectivity index (χ2n) is 7.53. The SMILES string of the molecule is NCC(c1ccccc1)C1CCN(C(=O)c2cc(-c3ccccc3F)n[nH]2)CC1. The molecule has 4 rings (SSSR count). The van der Waals surface area contributed by atoms with Gasteiger partial charge in [-0.1, -0.05) is 42.5 Å². The second kappa shape index (κ2) is 8.57. The first-order valence-electron chi connectivity index (χ1n) is 10.0. The van der Waals surface area contributed by atoms with E-state index in [0.717, 1.165) is 12.8 Å². The first-order valence-corrected chi connectivity index (χ1v) is 10.0. The molecule has 0 radical (unpaired) electrons. The van der Waals surface area contributed by atoms with Gasteiger partial charge in [-0.3, -0.25) is 9.89 Å². The Kier molecular flexibility index (Phi) is 5.71. The fourth-order valence-corrected chi connectivity index (χ4v) is 4.21. The van der Waals surface area contributed by atoms with Gasteiger partial charge in [-0.05, 0) is 55.0 Å². The summed E-state index contributed by atoms with van der Waals surface area (Å²) in [5.74, 6) is 0.325. The van der Waals surface area contributed by atoms with E-state index < -0.39 is 0 Å². The van der Waals surface area contributed by atoms with Crippen LogP contribution in [0.25, 0.3) is 11.3 Å². The first kappa shape index (κ1) is 19.3. The van der Waals surface area contributed by atoms with E-state index in [2.05, 4.69) is 22.3 Å². The smallest absolute Gasteiger partial charge is 0.271 e. The number of amides is 1. The number of H-pyrrole nitrogens is 1. The predicted octanol–water partition coefficient (Wildman–Crippen LogP) is 3.81. The minimum Gasteiger partial charge on any atom is -0.337 e. The molecule has 1 aromatic heterocycles. The summed E-state index contributed by atoms with van der Waals surface area (Å²) in [6.07, 6.45) is 1.83. The molecule has 0 bridgehead atoms. The van der Waals surface area contributed by atoms with Crippen molar-refractivity contribution in [3.05, 3.63) is 77.7 Å². The minimum atomic E-state index is -0.354. The minimum absolute atomic E-state index is 0.0949. The Morgan fingerprint density at radius 2 is 1.83 bits per heavy atom. The van der Waals surface area contributed by atoms with E-state index in [1.165, 1.54) is 11.6 Å².